The van der Waals surface area contributed by atoms with Gasteiger partial charge in [-0.3, -0.25) is 4.79 Å². The second-order valence-corrected chi connectivity index (χ2v) is 3.73. The number of halogens is 3. The first-order valence-corrected chi connectivity index (χ1v) is 5.26. The summed E-state index contributed by atoms with van der Waals surface area (Å²) in [5.74, 6) is -0.155. The fraction of sp³-hybridized carbons (Fsp3) is 0.545. The SMILES string of the molecule is CCCN(CC(F)(F)F)c1ccc(C(C)=O)o1. The van der Waals surface area contributed by atoms with Crippen molar-refractivity contribution in [2.45, 2.75) is 26.4 Å². The van der Waals surface area contributed by atoms with Gasteiger partial charge in [0.15, 0.2) is 17.4 Å². The number of furan rings is 1. The monoisotopic (exact) mass is 249 g/mol. The Bertz CT molecular complexity index is 384. The summed E-state index contributed by atoms with van der Waals surface area (Å²) in [7, 11) is 0. The van der Waals surface area contributed by atoms with E-state index in [1.807, 2.05) is 0 Å². The van der Waals surface area contributed by atoms with Crippen molar-refractivity contribution in [1.29, 1.82) is 0 Å². The molecule has 17 heavy (non-hydrogen) atoms. The highest BCUT2D eigenvalue weighted by atomic mass is 19.4. The van der Waals surface area contributed by atoms with Gasteiger partial charge in [0.2, 0.25) is 0 Å². The van der Waals surface area contributed by atoms with Gasteiger partial charge >= 0.3 is 6.18 Å². The third kappa shape index (κ3) is 4.13. The molecule has 6 heteroatoms. The Hall–Kier alpha value is -1.46. The molecule has 0 atom stereocenters. The lowest BCUT2D eigenvalue weighted by Gasteiger charge is -2.22. The van der Waals surface area contributed by atoms with E-state index in [0.29, 0.717) is 6.42 Å². The Morgan fingerprint density at radius 3 is 2.47 bits per heavy atom. The Labute approximate surface area is 97.2 Å². The molecule has 0 spiro atoms. The largest absolute Gasteiger partial charge is 0.437 e. The molecule has 1 heterocycles. The van der Waals surface area contributed by atoms with Crippen molar-refractivity contribution < 1.29 is 22.4 Å². The summed E-state index contributed by atoms with van der Waals surface area (Å²) >= 11 is 0. The zero-order chi connectivity index (χ0) is 13.1. The van der Waals surface area contributed by atoms with Crippen molar-refractivity contribution in [2.24, 2.45) is 0 Å². The quantitative estimate of drug-likeness (QED) is 0.751. The number of Topliss-reactive ketones (excluding diaryl/α,β-unsaturated/α-hetero) is 1. The van der Waals surface area contributed by atoms with Gasteiger partial charge in [-0.1, -0.05) is 6.92 Å². The smallest absolute Gasteiger partial charge is 0.406 e. The Morgan fingerprint density at radius 2 is 2.06 bits per heavy atom. The zero-order valence-corrected chi connectivity index (χ0v) is 9.67. The van der Waals surface area contributed by atoms with Crippen molar-refractivity contribution in [3.8, 4) is 0 Å². The predicted molar refractivity (Wildman–Crippen MR) is 57.3 cm³/mol. The zero-order valence-electron chi connectivity index (χ0n) is 9.67. The highest BCUT2D eigenvalue weighted by molar-refractivity contribution is 5.91. The van der Waals surface area contributed by atoms with Crippen LogP contribution in [0.5, 0.6) is 0 Å². The van der Waals surface area contributed by atoms with Gasteiger partial charge in [-0.15, -0.1) is 0 Å². The van der Waals surface area contributed by atoms with Crippen LogP contribution in [0.2, 0.25) is 0 Å². The third-order valence-corrected chi connectivity index (χ3v) is 2.11. The number of hydrogen-bond donors (Lipinski definition) is 0. The van der Waals surface area contributed by atoms with Gasteiger partial charge in [0.05, 0.1) is 0 Å². The lowest BCUT2D eigenvalue weighted by molar-refractivity contribution is -0.120. The Kier molecular flexibility index (Phi) is 4.20. The van der Waals surface area contributed by atoms with Crippen LogP contribution in [0.15, 0.2) is 16.5 Å². The maximum absolute atomic E-state index is 12.3. The Morgan fingerprint density at radius 1 is 1.41 bits per heavy atom. The van der Waals surface area contributed by atoms with Crippen LogP contribution in [-0.4, -0.2) is 25.0 Å². The third-order valence-electron chi connectivity index (χ3n) is 2.11. The van der Waals surface area contributed by atoms with Crippen molar-refractivity contribution in [1.82, 2.24) is 0 Å². The van der Waals surface area contributed by atoms with Gasteiger partial charge in [-0.05, 0) is 12.5 Å². The molecule has 96 valence electrons. The summed E-state index contributed by atoms with van der Waals surface area (Å²) in [6, 6.07) is 2.77. The molecule has 0 fully saturated rings. The molecule has 0 unspecified atom stereocenters. The van der Waals surface area contributed by atoms with Gasteiger partial charge in [-0.2, -0.15) is 13.2 Å². The fourth-order valence-corrected chi connectivity index (χ4v) is 1.44. The topological polar surface area (TPSA) is 33.5 Å². The average Bonchev–Trinajstić information content (AvgIpc) is 2.63. The molecular formula is C11H14F3NO2. The predicted octanol–water partition coefficient (Wildman–Crippen LogP) is 3.26. The van der Waals surface area contributed by atoms with Gasteiger partial charge in [0.25, 0.3) is 0 Å². The van der Waals surface area contributed by atoms with Crippen LogP contribution in [0.4, 0.5) is 19.1 Å². The van der Waals surface area contributed by atoms with E-state index in [-0.39, 0.29) is 24.0 Å². The summed E-state index contributed by atoms with van der Waals surface area (Å²) in [5, 5.41) is 0. The van der Waals surface area contributed by atoms with E-state index in [9.17, 15) is 18.0 Å². The first-order chi connectivity index (χ1) is 7.83. The fourth-order valence-electron chi connectivity index (χ4n) is 1.44. The van der Waals surface area contributed by atoms with Gasteiger partial charge in [-0.25, -0.2) is 0 Å². The number of carbonyl (C=O) groups excluding carboxylic acids is 1. The van der Waals surface area contributed by atoms with E-state index in [0.717, 1.165) is 4.90 Å². The second-order valence-electron chi connectivity index (χ2n) is 3.73. The van der Waals surface area contributed by atoms with Gasteiger partial charge in [0, 0.05) is 19.5 Å². The molecule has 0 aromatic carbocycles. The average molecular weight is 249 g/mol. The van der Waals surface area contributed by atoms with E-state index >= 15 is 0 Å². The summed E-state index contributed by atoms with van der Waals surface area (Å²) < 4.78 is 42.1. The highest BCUT2D eigenvalue weighted by Crippen LogP contribution is 2.24. The van der Waals surface area contributed by atoms with Crippen LogP contribution >= 0.6 is 0 Å². The maximum atomic E-state index is 12.3. The molecule has 0 N–H and O–H groups in total. The van der Waals surface area contributed by atoms with E-state index in [2.05, 4.69) is 0 Å². The Balaban J connectivity index is 2.85. The number of carbonyl (C=O) groups is 1. The minimum absolute atomic E-state index is 0.0725. The molecule has 1 rings (SSSR count). The number of ketones is 1. The molecule has 0 saturated heterocycles. The second kappa shape index (κ2) is 5.25. The molecule has 0 amide bonds. The number of rotatable bonds is 5. The molecule has 0 aliphatic rings. The van der Waals surface area contributed by atoms with Crippen LogP contribution in [-0.2, 0) is 0 Å². The summed E-state index contributed by atoms with van der Waals surface area (Å²) in [4.78, 5) is 12.1. The normalized spacial score (nSPS) is 11.6. The van der Waals surface area contributed by atoms with E-state index in [4.69, 9.17) is 4.42 Å². The molecule has 0 aliphatic carbocycles. The summed E-state index contributed by atoms with van der Waals surface area (Å²) in [6.45, 7) is 2.23. The standard InChI is InChI=1S/C11H14F3NO2/c1-3-6-15(7-11(12,13)14)10-5-4-9(17-10)8(2)16/h4-5H,3,6-7H2,1-2H3. The van der Waals surface area contributed by atoms with E-state index in [1.54, 1.807) is 6.92 Å². The number of hydrogen-bond acceptors (Lipinski definition) is 3. The number of nitrogens with zero attached hydrogens (tertiary/aromatic N) is 1. The minimum Gasteiger partial charge on any atom is -0.437 e. The number of anilines is 1. The molecule has 1 aromatic heterocycles. The van der Waals surface area contributed by atoms with Gasteiger partial charge < -0.3 is 9.32 Å². The first-order valence-electron chi connectivity index (χ1n) is 5.26. The summed E-state index contributed by atoms with van der Waals surface area (Å²) in [5.41, 5.74) is 0. The van der Waals surface area contributed by atoms with Crippen LogP contribution in [0.25, 0.3) is 0 Å². The molecule has 3 nitrogen and oxygen atoms in total. The molecule has 0 saturated carbocycles. The first kappa shape index (κ1) is 13.6. The van der Waals surface area contributed by atoms with Crippen LogP contribution in [0.1, 0.15) is 30.8 Å². The lowest BCUT2D eigenvalue weighted by Crippen LogP contribution is -2.34. The van der Waals surface area contributed by atoms with Gasteiger partial charge in [0.1, 0.15) is 6.54 Å². The van der Waals surface area contributed by atoms with Crippen LogP contribution in [0, 0.1) is 0 Å². The van der Waals surface area contributed by atoms with Crippen molar-refractivity contribution >= 4 is 11.7 Å². The van der Waals surface area contributed by atoms with Crippen molar-refractivity contribution in [3.63, 3.8) is 0 Å². The van der Waals surface area contributed by atoms with E-state index < -0.39 is 12.7 Å². The molecule has 1 aromatic rings. The maximum Gasteiger partial charge on any atom is 0.406 e. The van der Waals surface area contributed by atoms with Crippen LogP contribution < -0.4 is 4.90 Å². The molecule has 0 bridgehead atoms. The van der Waals surface area contributed by atoms with Crippen molar-refractivity contribution in [3.05, 3.63) is 17.9 Å². The van der Waals surface area contributed by atoms with Crippen molar-refractivity contribution in [2.75, 3.05) is 18.0 Å². The highest BCUT2D eigenvalue weighted by Gasteiger charge is 2.31. The van der Waals surface area contributed by atoms with Crippen LogP contribution in [0.3, 0.4) is 0 Å². The summed E-state index contributed by atoms with van der Waals surface area (Å²) in [6.07, 6.45) is -3.73. The number of alkyl halides is 3. The minimum atomic E-state index is -4.29. The lowest BCUT2D eigenvalue weighted by atomic mass is 10.3. The molecular weight excluding hydrogens is 235 g/mol. The molecule has 0 aliphatic heterocycles. The van der Waals surface area contributed by atoms with E-state index in [1.165, 1.54) is 19.1 Å². The molecule has 0 radical (unpaired) electrons.